The molecule has 0 radical (unpaired) electrons. The Bertz CT molecular complexity index is 534. The van der Waals surface area contributed by atoms with Gasteiger partial charge in [0.05, 0.1) is 7.11 Å². The van der Waals surface area contributed by atoms with Crippen molar-refractivity contribution in [3.63, 3.8) is 0 Å². The first-order valence-electron chi connectivity index (χ1n) is 6.69. The van der Waals surface area contributed by atoms with Crippen molar-refractivity contribution in [1.82, 2.24) is 14.9 Å². The molecule has 1 N–H and O–H groups in total. The van der Waals surface area contributed by atoms with Gasteiger partial charge in [-0.15, -0.1) is 0 Å². The van der Waals surface area contributed by atoms with E-state index in [1.807, 2.05) is 18.5 Å². The molecule has 0 bridgehead atoms. The fourth-order valence-electron chi connectivity index (χ4n) is 2.13. The number of nitrogens with one attached hydrogen (secondary N) is 1. The molecule has 19 heavy (non-hydrogen) atoms. The van der Waals surface area contributed by atoms with E-state index in [0.717, 1.165) is 36.8 Å². The normalized spacial score (nSPS) is 10.7. The van der Waals surface area contributed by atoms with Crippen molar-refractivity contribution in [2.24, 2.45) is 0 Å². The number of ether oxygens (including phenoxy) is 1. The van der Waals surface area contributed by atoms with Crippen LogP contribution in [0.3, 0.4) is 0 Å². The van der Waals surface area contributed by atoms with Crippen LogP contribution in [0.1, 0.15) is 19.4 Å². The molecule has 4 heteroatoms. The van der Waals surface area contributed by atoms with Crippen molar-refractivity contribution in [1.29, 1.82) is 0 Å². The van der Waals surface area contributed by atoms with Crippen molar-refractivity contribution in [3.8, 4) is 17.1 Å². The van der Waals surface area contributed by atoms with Crippen LogP contribution in [0.5, 0.6) is 5.75 Å². The Kier molecular flexibility index (Phi) is 4.58. The van der Waals surface area contributed by atoms with Gasteiger partial charge in [0.1, 0.15) is 11.6 Å². The molecule has 102 valence electrons. The Morgan fingerprint density at radius 3 is 2.84 bits per heavy atom. The van der Waals surface area contributed by atoms with Crippen LogP contribution < -0.4 is 10.1 Å². The largest absolute Gasteiger partial charge is 0.497 e. The summed E-state index contributed by atoms with van der Waals surface area (Å²) in [4.78, 5) is 4.48. The van der Waals surface area contributed by atoms with Crippen molar-refractivity contribution < 1.29 is 4.74 Å². The number of hydrogen-bond donors (Lipinski definition) is 1. The van der Waals surface area contributed by atoms with Crippen molar-refractivity contribution >= 4 is 0 Å². The van der Waals surface area contributed by atoms with E-state index in [0.29, 0.717) is 0 Å². The molecule has 1 aromatic heterocycles. The summed E-state index contributed by atoms with van der Waals surface area (Å²) >= 11 is 0. The molecule has 0 saturated carbocycles. The lowest BCUT2D eigenvalue weighted by molar-refractivity contribution is 0.414. The molecule has 4 nitrogen and oxygen atoms in total. The third-order valence-electron chi connectivity index (χ3n) is 3.17. The molecule has 0 atom stereocenters. The smallest absolute Gasteiger partial charge is 0.140 e. The molecule has 2 aromatic rings. The third kappa shape index (κ3) is 2.96. The van der Waals surface area contributed by atoms with Crippen LogP contribution in [0, 0.1) is 0 Å². The van der Waals surface area contributed by atoms with Crippen LogP contribution in [0.25, 0.3) is 11.4 Å². The van der Waals surface area contributed by atoms with E-state index >= 15 is 0 Å². The fraction of sp³-hybridized carbons (Fsp3) is 0.400. The molecule has 0 aliphatic carbocycles. The average molecular weight is 259 g/mol. The van der Waals surface area contributed by atoms with Gasteiger partial charge in [-0.05, 0) is 37.2 Å². The van der Waals surface area contributed by atoms with Crippen LogP contribution in [-0.4, -0.2) is 23.2 Å². The maximum atomic E-state index is 5.31. The minimum atomic E-state index is 0.819. The zero-order valence-electron chi connectivity index (χ0n) is 11.8. The summed E-state index contributed by atoms with van der Waals surface area (Å²) in [7, 11) is 1.69. The zero-order valence-corrected chi connectivity index (χ0v) is 11.8. The molecule has 0 amide bonds. The number of aromatic nitrogens is 2. The van der Waals surface area contributed by atoms with Gasteiger partial charge in [-0.25, -0.2) is 4.98 Å². The fourth-order valence-corrected chi connectivity index (χ4v) is 2.13. The standard InChI is InChI=1S/C15H21N3O/c1-4-16-11-12-10-13(19-3)6-7-14(12)15-17-8-9-18(15)5-2/h6-10,16H,4-5,11H2,1-3H3. The minimum Gasteiger partial charge on any atom is -0.497 e. The molecule has 0 fully saturated rings. The van der Waals surface area contributed by atoms with Crippen molar-refractivity contribution in [2.45, 2.75) is 26.9 Å². The monoisotopic (exact) mass is 259 g/mol. The lowest BCUT2D eigenvalue weighted by Gasteiger charge is -2.12. The number of hydrogen-bond acceptors (Lipinski definition) is 3. The first-order chi connectivity index (χ1) is 9.30. The van der Waals surface area contributed by atoms with Gasteiger partial charge in [0, 0.05) is 31.0 Å². The van der Waals surface area contributed by atoms with Crippen molar-refractivity contribution in [2.75, 3.05) is 13.7 Å². The summed E-state index contributed by atoms with van der Waals surface area (Å²) in [5.74, 6) is 1.89. The summed E-state index contributed by atoms with van der Waals surface area (Å²) in [6, 6.07) is 6.14. The van der Waals surface area contributed by atoms with Gasteiger partial charge in [-0.2, -0.15) is 0 Å². The number of methoxy groups -OCH3 is 1. The van der Waals surface area contributed by atoms with E-state index in [4.69, 9.17) is 4.74 Å². The Hall–Kier alpha value is -1.81. The van der Waals surface area contributed by atoms with Gasteiger partial charge in [-0.3, -0.25) is 0 Å². The third-order valence-corrected chi connectivity index (χ3v) is 3.17. The minimum absolute atomic E-state index is 0.819. The van der Waals surface area contributed by atoms with Crippen LogP contribution in [0.4, 0.5) is 0 Å². The summed E-state index contributed by atoms with van der Waals surface area (Å²) in [6.07, 6.45) is 3.86. The number of aryl methyl sites for hydroxylation is 1. The second-order valence-corrected chi connectivity index (χ2v) is 4.34. The van der Waals surface area contributed by atoms with E-state index < -0.39 is 0 Å². The second-order valence-electron chi connectivity index (χ2n) is 4.34. The van der Waals surface area contributed by atoms with Gasteiger partial charge >= 0.3 is 0 Å². The molecule has 0 aliphatic rings. The van der Waals surface area contributed by atoms with E-state index in [-0.39, 0.29) is 0 Å². The Labute approximate surface area is 114 Å². The molecule has 0 spiro atoms. The van der Waals surface area contributed by atoms with Gasteiger partial charge in [0.15, 0.2) is 0 Å². The maximum Gasteiger partial charge on any atom is 0.140 e. The predicted molar refractivity (Wildman–Crippen MR) is 77.3 cm³/mol. The highest BCUT2D eigenvalue weighted by Crippen LogP contribution is 2.26. The van der Waals surface area contributed by atoms with Gasteiger partial charge in [-0.1, -0.05) is 6.92 Å². The van der Waals surface area contributed by atoms with Gasteiger partial charge < -0.3 is 14.6 Å². The van der Waals surface area contributed by atoms with E-state index in [1.165, 1.54) is 5.56 Å². The first-order valence-corrected chi connectivity index (χ1v) is 6.69. The van der Waals surface area contributed by atoms with Crippen molar-refractivity contribution in [3.05, 3.63) is 36.2 Å². The Morgan fingerprint density at radius 2 is 2.16 bits per heavy atom. The Morgan fingerprint density at radius 1 is 1.32 bits per heavy atom. The highest BCUT2D eigenvalue weighted by atomic mass is 16.5. The molecule has 0 saturated heterocycles. The SMILES string of the molecule is CCNCc1cc(OC)ccc1-c1nccn1CC. The molecule has 1 heterocycles. The van der Waals surface area contributed by atoms with Crippen LogP contribution >= 0.6 is 0 Å². The molecule has 0 unspecified atom stereocenters. The molecule has 1 aromatic carbocycles. The summed E-state index contributed by atoms with van der Waals surface area (Å²) < 4.78 is 7.46. The zero-order chi connectivity index (χ0) is 13.7. The second kappa shape index (κ2) is 6.38. The molecule has 2 rings (SSSR count). The van der Waals surface area contributed by atoms with E-state index in [1.54, 1.807) is 7.11 Å². The lowest BCUT2D eigenvalue weighted by Crippen LogP contribution is -2.13. The summed E-state index contributed by atoms with van der Waals surface area (Å²) in [5.41, 5.74) is 2.37. The maximum absolute atomic E-state index is 5.31. The Balaban J connectivity index is 2.43. The number of benzene rings is 1. The number of nitrogens with zero attached hydrogens (tertiary/aromatic N) is 2. The van der Waals surface area contributed by atoms with E-state index in [2.05, 4.69) is 40.8 Å². The quantitative estimate of drug-likeness (QED) is 0.867. The van der Waals surface area contributed by atoms with Crippen LogP contribution in [0.15, 0.2) is 30.6 Å². The topological polar surface area (TPSA) is 39.1 Å². The molecular formula is C15H21N3O. The summed E-state index contributed by atoms with van der Waals surface area (Å²) in [6.45, 7) is 6.91. The van der Waals surface area contributed by atoms with E-state index in [9.17, 15) is 0 Å². The average Bonchev–Trinajstić information content (AvgIpc) is 2.92. The highest BCUT2D eigenvalue weighted by molar-refractivity contribution is 5.62. The highest BCUT2D eigenvalue weighted by Gasteiger charge is 2.11. The first kappa shape index (κ1) is 13.6. The number of imidazole rings is 1. The predicted octanol–water partition coefficient (Wildman–Crippen LogP) is 2.69. The molecule has 0 aliphatic heterocycles. The van der Waals surface area contributed by atoms with Crippen LogP contribution in [-0.2, 0) is 13.1 Å². The summed E-state index contributed by atoms with van der Waals surface area (Å²) in [5, 5.41) is 3.36. The molecular weight excluding hydrogens is 238 g/mol. The lowest BCUT2D eigenvalue weighted by atomic mass is 10.1. The number of rotatable bonds is 6. The van der Waals surface area contributed by atoms with Gasteiger partial charge in [0.2, 0.25) is 0 Å². The van der Waals surface area contributed by atoms with Crippen LogP contribution in [0.2, 0.25) is 0 Å². The van der Waals surface area contributed by atoms with Gasteiger partial charge in [0.25, 0.3) is 0 Å².